The van der Waals surface area contributed by atoms with E-state index in [1.807, 2.05) is 0 Å². The van der Waals surface area contributed by atoms with Gasteiger partial charge in [-0.2, -0.15) is 0 Å². The van der Waals surface area contributed by atoms with E-state index < -0.39 is 0 Å². The molecule has 2 aromatic heterocycles. The first-order chi connectivity index (χ1) is 8.40. The number of rotatable bonds is 4. The zero-order valence-corrected chi connectivity index (χ0v) is 9.50. The van der Waals surface area contributed by atoms with Gasteiger partial charge in [-0.1, -0.05) is 0 Å². The van der Waals surface area contributed by atoms with E-state index in [-0.39, 0.29) is 6.61 Å². The second-order valence-corrected chi connectivity index (χ2v) is 4.30. The molecule has 6 nitrogen and oxygen atoms in total. The van der Waals surface area contributed by atoms with E-state index >= 15 is 0 Å². The lowest BCUT2D eigenvalue weighted by atomic mass is 9.91. The number of aliphatic hydroxyl groups is 1. The van der Waals surface area contributed by atoms with Crippen LogP contribution in [0.15, 0.2) is 12.7 Å². The molecule has 1 aliphatic rings. The summed E-state index contributed by atoms with van der Waals surface area (Å²) in [5.74, 6) is 0.853. The topological polar surface area (TPSA) is 77.9 Å². The Bertz CT molecular complexity index is 507. The molecule has 0 atom stereocenters. The molecule has 3 rings (SSSR count). The van der Waals surface area contributed by atoms with Gasteiger partial charge in [-0.05, 0) is 19.3 Å². The Balaban J connectivity index is 2.01. The summed E-state index contributed by atoms with van der Waals surface area (Å²) in [7, 11) is 0. The van der Waals surface area contributed by atoms with Gasteiger partial charge in [-0.25, -0.2) is 15.0 Å². The normalized spacial score (nSPS) is 16.1. The number of imidazole rings is 1. The molecule has 1 saturated carbocycles. The molecule has 1 fully saturated rings. The second-order valence-electron chi connectivity index (χ2n) is 4.30. The van der Waals surface area contributed by atoms with Gasteiger partial charge in [0, 0.05) is 12.6 Å². The summed E-state index contributed by atoms with van der Waals surface area (Å²) in [6, 6.07) is 0.489. The first-order valence-corrected chi connectivity index (χ1v) is 5.91. The number of aliphatic hydroxyl groups excluding tert-OH is 1. The van der Waals surface area contributed by atoms with E-state index in [4.69, 9.17) is 0 Å². The smallest absolute Gasteiger partial charge is 0.182 e. The summed E-state index contributed by atoms with van der Waals surface area (Å²) in [6.45, 7) is 0.742. The maximum absolute atomic E-state index is 9.18. The maximum Gasteiger partial charge on any atom is 0.182 e. The first-order valence-electron chi connectivity index (χ1n) is 5.91. The molecular formula is C11H15N5O. The van der Waals surface area contributed by atoms with Crippen LogP contribution in [0.5, 0.6) is 0 Å². The van der Waals surface area contributed by atoms with Crippen LogP contribution in [0.3, 0.4) is 0 Å². The predicted molar refractivity (Wildman–Crippen MR) is 63.8 cm³/mol. The van der Waals surface area contributed by atoms with Crippen molar-refractivity contribution in [1.29, 1.82) is 0 Å². The van der Waals surface area contributed by atoms with Crippen LogP contribution >= 0.6 is 0 Å². The van der Waals surface area contributed by atoms with Gasteiger partial charge in [0.15, 0.2) is 11.5 Å². The van der Waals surface area contributed by atoms with E-state index in [1.165, 1.54) is 25.6 Å². The monoisotopic (exact) mass is 233 g/mol. The number of nitrogens with zero attached hydrogens (tertiary/aromatic N) is 4. The number of anilines is 1. The molecule has 0 bridgehead atoms. The SMILES string of the molecule is OCCN(c1ncnc2nc[nH]c12)C1CCC1. The second kappa shape index (κ2) is 4.29. The molecule has 2 N–H and O–H groups in total. The number of H-pyrrole nitrogens is 1. The lowest BCUT2D eigenvalue weighted by Gasteiger charge is -2.38. The van der Waals surface area contributed by atoms with Crippen molar-refractivity contribution in [3.05, 3.63) is 12.7 Å². The van der Waals surface area contributed by atoms with Crippen molar-refractivity contribution >= 4 is 17.0 Å². The molecule has 0 spiro atoms. The Morgan fingerprint density at radius 2 is 2.24 bits per heavy atom. The summed E-state index contributed by atoms with van der Waals surface area (Å²) in [4.78, 5) is 17.8. The van der Waals surface area contributed by atoms with Gasteiger partial charge in [-0.15, -0.1) is 0 Å². The summed E-state index contributed by atoms with van der Waals surface area (Å²) in [5, 5.41) is 9.18. The molecule has 0 amide bonds. The van der Waals surface area contributed by atoms with Crippen LogP contribution in [-0.2, 0) is 0 Å². The predicted octanol–water partition coefficient (Wildman–Crippen LogP) is 0.704. The fraction of sp³-hybridized carbons (Fsp3) is 0.545. The molecule has 0 saturated heterocycles. The Morgan fingerprint density at radius 3 is 2.94 bits per heavy atom. The van der Waals surface area contributed by atoms with E-state index in [1.54, 1.807) is 6.33 Å². The zero-order chi connectivity index (χ0) is 11.7. The minimum Gasteiger partial charge on any atom is -0.395 e. The van der Waals surface area contributed by atoms with Gasteiger partial charge < -0.3 is 15.0 Å². The molecule has 2 heterocycles. The van der Waals surface area contributed by atoms with Gasteiger partial charge in [0.05, 0.1) is 12.9 Å². The molecule has 2 aromatic rings. The number of hydrogen-bond acceptors (Lipinski definition) is 5. The van der Waals surface area contributed by atoms with Crippen molar-refractivity contribution in [2.24, 2.45) is 0 Å². The lowest BCUT2D eigenvalue weighted by molar-refractivity contribution is 0.283. The highest BCUT2D eigenvalue weighted by Gasteiger charge is 2.27. The lowest BCUT2D eigenvalue weighted by Crippen LogP contribution is -2.42. The van der Waals surface area contributed by atoms with Crippen molar-refractivity contribution in [3.63, 3.8) is 0 Å². The summed E-state index contributed by atoms with van der Waals surface area (Å²) in [5.41, 5.74) is 1.53. The van der Waals surface area contributed by atoms with E-state index in [2.05, 4.69) is 24.8 Å². The third-order valence-electron chi connectivity index (χ3n) is 3.33. The largest absolute Gasteiger partial charge is 0.395 e. The number of aromatic amines is 1. The molecule has 0 radical (unpaired) electrons. The number of nitrogens with one attached hydrogen (secondary N) is 1. The van der Waals surface area contributed by atoms with Crippen molar-refractivity contribution in [3.8, 4) is 0 Å². The third-order valence-corrected chi connectivity index (χ3v) is 3.33. The van der Waals surface area contributed by atoms with Crippen molar-refractivity contribution in [2.75, 3.05) is 18.1 Å². The van der Waals surface area contributed by atoms with Crippen LogP contribution in [0.4, 0.5) is 5.82 Å². The minimum atomic E-state index is 0.135. The van der Waals surface area contributed by atoms with Crippen LogP contribution < -0.4 is 4.90 Å². The summed E-state index contributed by atoms with van der Waals surface area (Å²) < 4.78 is 0. The highest BCUT2D eigenvalue weighted by atomic mass is 16.3. The Labute approximate surface area is 98.7 Å². The van der Waals surface area contributed by atoms with Crippen molar-refractivity contribution in [1.82, 2.24) is 19.9 Å². The van der Waals surface area contributed by atoms with Crippen LogP contribution in [-0.4, -0.2) is 44.2 Å². The van der Waals surface area contributed by atoms with Gasteiger partial charge in [0.25, 0.3) is 0 Å². The Morgan fingerprint density at radius 1 is 1.35 bits per heavy atom. The molecule has 0 aromatic carbocycles. The molecular weight excluding hydrogens is 218 g/mol. The number of aromatic nitrogens is 4. The van der Waals surface area contributed by atoms with Gasteiger partial charge >= 0.3 is 0 Å². The third kappa shape index (κ3) is 1.74. The minimum absolute atomic E-state index is 0.135. The zero-order valence-electron chi connectivity index (χ0n) is 9.50. The molecule has 6 heteroatoms. The van der Waals surface area contributed by atoms with E-state index in [9.17, 15) is 5.11 Å². The maximum atomic E-state index is 9.18. The summed E-state index contributed by atoms with van der Waals surface area (Å²) >= 11 is 0. The molecule has 90 valence electrons. The molecule has 0 aliphatic heterocycles. The highest BCUT2D eigenvalue weighted by molar-refractivity contribution is 5.82. The van der Waals surface area contributed by atoms with Gasteiger partial charge in [0.1, 0.15) is 11.8 Å². The standard InChI is InChI=1S/C11H15N5O/c17-5-4-16(8-2-1-3-8)11-9-10(13-6-12-9)14-7-15-11/h6-8,17H,1-5H2,(H,12,13,14,15). The Hall–Kier alpha value is -1.69. The average molecular weight is 233 g/mol. The first kappa shape index (κ1) is 10.5. The van der Waals surface area contributed by atoms with Crippen LogP contribution in [0.2, 0.25) is 0 Å². The number of hydrogen-bond donors (Lipinski definition) is 2. The number of fused-ring (bicyclic) bond motifs is 1. The van der Waals surface area contributed by atoms with Gasteiger partial charge in [0.2, 0.25) is 0 Å². The van der Waals surface area contributed by atoms with E-state index in [0.717, 1.165) is 11.3 Å². The molecule has 17 heavy (non-hydrogen) atoms. The van der Waals surface area contributed by atoms with E-state index in [0.29, 0.717) is 18.2 Å². The Kier molecular flexibility index (Phi) is 2.64. The van der Waals surface area contributed by atoms with Crippen LogP contribution in [0.1, 0.15) is 19.3 Å². The van der Waals surface area contributed by atoms with Crippen molar-refractivity contribution < 1.29 is 5.11 Å². The van der Waals surface area contributed by atoms with Crippen LogP contribution in [0.25, 0.3) is 11.2 Å². The quantitative estimate of drug-likeness (QED) is 0.813. The van der Waals surface area contributed by atoms with Crippen molar-refractivity contribution in [2.45, 2.75) is 25.3 Å². The molecule has 1 aliphatic carbocycles. The summed E-state index contributed by atoms with van der Waals surface area (Å²) in [6.07, 6.45) is 6.74. The fourth-order valence-electron chi connectivity index (χ4n) is 2.24. The highest BCUT2D eigenvalue weighted by Crippen LogP contribution is 2.30. The fourth-order valence-corrected chi connectivity index (χ4v) is 2.24. The van der Waals surface area contributed by atoms with Crippen LogP contribution in [0, 0.1) is 0 Å². The molecule has 0 unspecified atom stereocenters. The average Bonchev–Trinajstić information content (AvgIpc) is 2.73. The van der Waals surface area contributed by atoms with Gasteiger partial charge in [-0.3, -0.25) is 0 Å².